The Morgan fingerprint density at radius 3 is 2.21 bits per heavy atom. The Bertz CT molecular complexity index is 922. The maximum absolute atomic E-state index is 11.7. The number of rotatable bonds is 11. The molecular weight excluding hydrogens is 473 g/mol. The molecule has 0 radical (unpaired) electrons. The van der Waals surface area contributed by atoms with Crippen LogP contribution in [0.25, 0.3) is 0 Å². The zero-order chi connectivity index (χ0) is 24.8. The summed E-state index contributed by atoms with van der Waals surface area (Å²) in [6.07, 6.45) is 2.09. The predicted octanol–water partition coefficient (Wildman–Crippen LogP) is 3.43. The zero-order valence-electron chi connectivity index (χ0n) is 17.8. The van der Waals surface area contributed by atoms with Crippen LogP contribution in [0, 0.1) is 0 Å². The van der Waals surface area contributed by atoms with Gasteiger partial charge in [0.15, 0.2) is 6.61 Å². The second kappa shape index (κ2) is 15.1. The van der Waals surface area contributed by atoms with E-state index in [0.29, 0.717) is 39.9 Å². The van der Waals surface area contributed by atoms with Crippen LogP contribution in [0.1, 0.15) is 24.8 Å². The number of anilines is 2. The molecule has 9 nitrogen and oxygen atoms in total. The number of esters is 1. The number of nitrogens with two attached hydrogens (primary N) is 2. The molecule has 0 bridgehead atoms. The topological polar surface area (TPSA) is 165 Å². The van der Waals surface area contributed by atoms with Gasteiger partial charge in [-0.05, 0) is 43.1 Å². The lowest BCUT2D eigenvalue weighted by Gasteiger charge is -2.14. The molecule has 11 heteroatoms. The second-order valence-corrected chi connectivity index (χ2v) is 7.65. The minimum Gasteiger partial charge on any atom is -0.480 e. The summed E-state index contributed by atoms with van der Waals surface area (Å²) < 4.78 is 4.64. The maximum Gasteiger partial charge on any atom is 0.341 e. The van der Waals surface area contributed by atoms with E-state index in [9.17, 15) is 14.4 Å². The number of carbonyl (C=O) groups excluding carboxylic acids is 1. The van der Waals surface area contributed by atoms with Crippen molar-refractivity contribution in [3.8, 4) is 0 Å². The molecule has 0 aromatic heterocycles. The van der Waals surface area contributed by atoms with E-state index in [4.69, 9.17) is 44.9 Å². The number of hydrogen-bond acceptors (Lipinski definition) is 7. The van der Waals surface area contributed by atoms with Crippen LogP contribution >= 0.6 is 23.2 Å². The molecule has 0 spiro atoms. The highest BCUT2D eigenvalue weighted by molar-refractivity contribution is 6.39. The van der Waals surface area contributed by atoms with E-state index in [1.807, 2.05) is 0 Å². The lowest BCUT2D eigenvalue weighted by molar-refractivity contribution is -0.154. The first-order valence-electron chi connectivity index (χ1n) is 10.0. The van der Waals surface area contributed by atoms with Crippen molar-refractivity contribution in [2.75, 3.05) is 18.5 Å². The number of benzene rings is 2. The fourth-order valence-corrected chi connectivity index (χ4v) is 3.02. The van der Waals surface area contributed by atoms with Crippen molar-refractivity contribution in [3.05, 3.63) is 58.1 Å². The zero-order valence-corrected chi connectivity index (χ0v) is 19.3. The average molecular weight is 500 g/mol. The molecular formula is C22H27Cl2N3O6. The Kier molecular flexibility index (Phi) is 12.9. The van der Waals surface area contributed by atoms with Gasteiger partial charge in [0, 0.05) is 5.69 Å². The molecule has 0 saturated heterocycles. The molecule has 1 atom stereocenters. The van der Waals surface area contributed by atoms with Gasteiger partial charge in [-0.1, -0.05) is 53.9 Å². The lowest BCUT2D eigenvalue weighted by atomic mass is 10.1. The van der Waals surface area contributed by atoms with Crippen molar-refractivity contribution < 1.29 is 29.3 Å². The lowest BCUT2D eigenvalue weighted by Crippen LogP contribution is -2.29. The first kappa shape index (κ1) is 28.2. The van der Waals surface area contributed by atoms with Crippen LogP contribution in [0.3, 0.4) is 0 Å². The summed E-state index contributed by atoms with van der Waals surface area (Å²) in [4.78, 5) is 32.2. The second-order valence-electron chi connectivity index (χ2n) is 6.84. The molecule has 0 saturated carbocycles. The van der Waals surface area contributed by atoms with Crippen molar-refractivity contribution in [1.82, 2.24) is 0 Å². The largest absolute Gasteiger partial charge is 0.480 e. The van der Waals surface area contributed by atoms with Gasteiger partial charge in [0.2, 0.25) is 0 Å². The molecule has 0 amide bonds. The van der Waals surface area contributed by atoms with Crippen molar-refractivity contribution in [1.29, 1.82) is 0 Å². The monoisotopic (exact) mass is 499 g/mol. The van der Waals surface area contributed by atoms with E-state index in [0.717, 1.165) is 12.8 Å². The Hall–Kier alpha value is -2.85. The number of carbonyl (C=O) groups is 3. The highest BCUT2D eigenvalue weighted by Gasteiger charge is 2.13. The van der Waals surface area contributed by atoms with E-state index in [1.54, 1.807) is 42.5 Å². The average Bonchev–Trinajstić information content (AvgIpc) is 2.76. The van der Waals surface area contributed by atoms with Gasteiger partial charge in [0.1, 0.15) is 6.04 Å². The van der Waals surface area contributed by atoms with Gasteiger partial charge in [0.05, 0.1) is 22.2 Å². The van der Waals surface area contributed by atoms with Gasteiger partial charge < -0.3 is 31.7 Å². The fraction of sp³-hybridized carbons (Fsp3) is 0.318. The highest BCUT2D eigenvalue weighted by Crippen LogP contribution is 2.33. The summed E-state index contributed by atoms with van der Waals surface area (Å²) in [5, 5.41) is 20.8. The summed E-state index contributed by atoms with van der Waals surface area (Å²) in [5.74, 6) is -2.77. The maximum atomic E-state index is 11.7. The molecule has 0 aliphatic rings. The van der Waals surface area contributed by atoms with E-state index in [-0.39, 0.29) is 6.42 Å². The first-order valence-corrected chi connectivity index (χ1v) is 10.8. The molecule has 0 heterocycles. The van der Waals surface area contributed by atoms with E-state index >= 15 is 0 Å². The SMILES string of the molecule is NCCCCC(N)C(=O)O.O=C(O)COC(=O)Cc1ccccc1Nc1c(Cl)cccc1Cl. The fourth-order valence-electron chi connectivity index (χ4n) is 2.53. The van der Waals surface area contributed by atoms with Crippen LogP contribution in [0.5, 0.6) is 0 Å². The molecule has 0 aliphatic carbocycles. The summed E-state index contributed by atoms with van der Waals surface area (Å²) in [7, 11) is 0. The molecule has 2 aromatic carbocycles. The third-order valence-corrected chi connectivity index (χ3v) is 4.85. The van der Waals surface area contributed by atoms with Crippen LogP contribution < -0.4 is 16.8 Å². The number of nitrogens with one attached hydrogen (secondary N) is 1. The van der Waals surface area contributed by atoms with Gasteiger partial charge in [-0.2, -0.15) is 0 Å². The van der Waals surface area contributed by atoms with Crippen LogP contribution in [-0.2, 0) is 25.5 Å². The molecule has 180 valence electrons. The number of hydrogen-bond donors (Lipinski definition) is 5. The van der Waals surface area contributed by atoms with Crippen LogP contribution in [0.2, 0.25) is 10.0 Å². The van der Waals surface area contributed by atoms with Crippen molar-refractivity contribution in [2.45, 2.75) is 31.7 Å². The molecule has 0 fully saturated rings. The minimum absolute atomic E-state index is 0.0709. The molecule has 7 N–H and O–H groups in total. The number of carboxylic acids is 2. The normalized spacial score (nSPS) is 11.0. The summed E-state index contributed by atoms with van der Waals surface area (Å²) in [5.41, 5.74) is 12.2. The quantitative estimate of drug-likeness (QED) is 0.230. The molecule has 2 aromatic rings. The van der Waals surface area contributed by atoms with Gasteiger partial charge >= 0.3 is 17.9 Å². The first-order chi connectivity index (χ1) is 15.6. The van der Waals surface area contributed by atoms with Crippen molar-refractivity contribution in [3.63, 3.8) is 0 Å². The van der Waals surface area contributed by atoms with Crippen molar-refractivity contribution in [2.24, 2.45) is 11.5 Å². The van der Waals surface area contributed by atoms with Gasteiger partial charge in [-0.15, -0.1) is 0 Å². The smallest absolute Gasteiger partial charge is 0.341 e. The van der Waals surface area contributed by atoms with Crippen LogP contribution in [0.4, 0.5) is 11.4 Å². The Balaban J connectivity index is 0.000000461. The third kappa shape index (κ3) is 11.0. The number of ether oxygens (including phenoxy) is 1. The minimum atomic E-state index is -1.20. The Morgan fingerprint density at radius 1 is 1.00 bits per heavy atom. The van der Waals surface area contributed by atoms with Gasteiger partial charge in [-0.3, -0.25) is 9.59 Å². The van der Waals surface area contributed by atoms with Gasteiger partial charge in [-0.25, -0.2) is 4.79 Å². The summed E-state index contributed by atoms with van der Waals surface area (Å²) in [6.45, 7) is -0.0584. The molecule has 0 aliphatic heterocycles. The van der Waals surface area contributed by atoms with Crippen molar-refractivity contribution >= 4 is 52.5 Å². The standard InChI is InChI=1S/C16H13Cl2NO4.C6H14N2O2/c17-11-5-3-6-12(18)16(11)19-13-7-2-1-4-10(13)8-15(22)23-9-14(20)21;7-4-2-1-3-5(8)6(9)10/h1-7,19H,8-9H2,(H,20,21);5H,1-4,7-8H2,(H,9,10). The van der Waals surface area contributed by atoms with E-state index in [1.165, 1.54) is 0 Å². The van der Waals surface area contributed by atoms with E-state index in [2.05, 4.69) is 10.1 Å². The van der Waals surface area contributed by atoms with Gasteiger partial charge in [0.25, 0.3) is 0 Å². The third-order valence-electron chi connectivity index (χ3n) is 4.22. The highest BCUT2D eigenvalue weighted by atomic mass is 35.5. The molecule has 33 heavy (non-hydrogen) atoms. The molecule has 1 unspecified atom stereocenters. The summed E-state index contributed by atoms with van der Waals surface area (Å²) in [6, 6.07) is 11.4. The van der Waals surface area contributed by atoms with Crippen LogP contribution in [-0.4, -0.2) is 47.3 Å². The summed E-state index contributed by atoms with van der Waals surface area (Å²) >= 11 is 12.2. The number of halogens is 2. The number of unbranched alkanes of at least 4 members (excludes halogenated alkanes) is 1. The number of aliphatic carboxylic acids is 2. The Labute approximate surface area is 201 Å². The molecule has 2 rings (SSSR count). The van der Waals surface area contributed by atoms with E-state index < -0.39 is 30.6 Å². The number of para-hydroxylation sites is 2. The van der Waals surface area contributed by atoms with Crippen LogP contribution in [0.15, 0.2) is 42.5 Å². The number of carboxylic acid groups (broad SMARTS) is 2. The Morgan fingerprint density at radius 2 is 1.64 bits per heavy atom. The predicted molar refractivity (Wildman–Crippen MR) is 127 cm³/mol.